The number of hydrogen-bond donors (Lipinski definition) is 1. The molecule has 0 radical (unpaired) electrons. The molecule has 0 spiro atoms. The molecule has 1 unspecified atom stereocenters. The third kappa shape index (κ3) is 3.25. The van der Waals surface area contributed by atoms with E-state index in [9.17, 15) is 14.7 Å². The quantitative estimate of drug-likeness (QED) is 0.782. The summed E-state index contributed by atoms with van der Waals surface area (Å²) in [5.41, 5.74) is -0.981. The predicted molar refractivity (Wildman–Crippen MR) is 78.8 cm³/mol. The van der Waals surface area contributed by atoms with Crippen molar-refractivity contribution in [2.75, 3.05) is 19.6 Å². The number of amides is 2. The minimum Gasteiger partial charge on any atom is -0.479 e. The molecule has 1 saturated heterocycles. The van der Waals surface area contributed by atoms with E-state index >= 15 is 0 Å². The molecule has 1 N–H and O–H groups in total. The molecular formula is C15H28N2O3. The monoisotopic (exact) mass is 284 g/mol. The molecule has 1 atom stereocenters. The highest BCUT2D eigenvalue weighted by molar-refractivity contribution is 5.87. The number of hydrogen-bond acceptors (Lipinski definition) is 2. The Hall–Kier alpha value is -1.26. The van der Waals surface area contributed by atoms with Crippen molar-refractivity contribution in [3.8, 4) is 0 Å². The van der Waals surface area contributed by atoms with Crippen molar-refractivity contribution < 1.29 is 14.7 Å². The molecule has 0 bridgehead atoms. The van der Waals surface area contributed by atoms with Crippen LogP contribution in [0.4, 0.5) is 4.79 Å². The van der Waals surface area contributed by atoms with Gasteiger partial charge in [0, 0.05) is 19.6 Å². The number of carbonyl (C=O) groups excluding carboxylic acids is 1. The van der Waals surface area contributed by atoms with Crippen molar-refractivity contribution in [2.24, 2.45) is 0 Å². The van der Waals surface area contributed by atoms with E-state index < -0.39 is 11.5 Å². The first kappa shape index (κ1) is 16.8. The molecule has 20 heavy (non-hydrogen) atoms. The summed E-state index contributed by atoms with van der Waals surface area (Å²) in [5, 5.41) is 9.63. The third-order valence-electron chi connectivity index (χ3n) is 4.22. The molecule has 0 aliphatic carbocycles. The summed E-state index contributed by atoms with van der Waals surface area (Å²) in [4.78, 5) is 27.8. The van der Waals surface area contributed by atoms with Gasteiger partial charge >= 0.3 is 12.0 Å². The van der Waals surface area contributed by atoms with Crippen molar-refractivity contribution in [3.05, 3.63) is 0 Å². The Kier molecular flexibility index (Phi) is 6.30. The number of carboxylic acids is 1. The topological polar surface area (TPSA) is 60.9 Å². The number of urea groups is 1. The second-order valence-corrected chi connectivity index (χ2v) is 5.56. The van der Waals surface area contributed by atoms with E-state index in [1.54, 1.807) is 9.80 Å². The van der Waals surface area contributed by atoms with E-state index in [0.29, 0.717) is 32.5 Å². The number of rotatable bonds is 7. The Bertz CT molecular complexity index is 346. The minimum absolute atomic E-state index is 0.102. The maximum Gasteiger partial charge on any atom is 0.329 e. The molecule has 116 valence electrons. The van der Waals surface area contributed by atoms with Gasteiger partial charge in [0.15, 0.2) is 0 Å². The van der Waals surface area contributed by atoms with Crippen molar-refractivity contribution in [2.45, 2.75) is 64.8 Å². The van der Waals surface area contributed by atoms with Gasteiger partial charge in [0.05, 0.1) is 0 Å². The molecule has 1 rings (SSSR count). The zero-order valence-corrected chi connectivity index (χ0v) is 13.0. The summed E-state index contributed by atoms with van der Waals surface area (Å²) in [6, 6.07) is -0.102. The molecule has 0 aromatic carbocycles. The van der Waals surface area contributed by atoms with Crippen LogP contribution in [0.25, 0.3) is 0 Å². The van der Waals surface area contributed by atoms with E-state index in [0.717, 1.165) is 25.7 Å². The van der Waals surface area contributed by atoms with Crippen molar-refractivity contribution in [1.29, 1.82) is 0 Å². The maximum atomic E-state index is 12.7. The van der Waals surface area contributed by atoms with Crippen molar-refractivity contribution in [1.82, 2.24) is 9.80 Å². The van der Waals surface area contributed by atoms with Gasteiger partial charge in [-0.25, -0.2) is 9.59 Å². The molecule has 1 fully saturated rings. The van der Waals surface area contributed by atoms with Gasteiger partial charge in [0.25, 0.3) is 0 Å². The molecule has 1 aliphatic heterocycles. The van der Waals surface area contributed by atoms with Gasteiger partial charge < -0.3 is 14.9 Å². The molecule has 0 saturated carbocycles. The van der Waals surface area contributed by atoms with Crippen LogP contribution >= 0.6 is 0 Å². The summed E-state index contributed by atoms with van der Waals surface area (Å²) in [5.74, 6) is -0.850. The summed E-state index contributed by atoms with van der Waals surface area (Å²) in [7, 11) is 0. The van der Waals surface area contributed by atoms with E-state index in [4.69, 9.17) is 0 Å². The second kappa shape index (κ2) is 7.50. The first-order chi connectivity index (χ1) is 9.53. The molecular weight excluding hydrogens is 256 g/mol. The molecule has 5 nitrogen and oxygen atoms in total. The number of carbonyl (C=O) groups is 2. The molecule has 5 heteroatoms. The summed E-state index contributed by atoms with van der Waals surface area (Å²) < 4.78 is 0. The lowest BCUT2D eigenvalue weighted by atomic mass is 9.91. The lowest BCUT2D eigenvalue weighted by Crippen LogP contribution is -2.56. The molecule has 0 aromatic heterocycles. The molecule has 1 heterocycles. The van der Waals surface area contributed by atoms with Gasteiger partial charge in [0.2, 0.25) is 0 Å². The maximum absolute atomic E-state index is 12.7. The first-order valence-electron chi connectivity index (χ1n) is 7.83. The first-order valence-corrected chi connectivity index (χ1v) is 7.83. The van der Waals surface area contributed by atoms with Crippen molar-refractivity contribution >= 4 is 12.0 Å². The highest BCUT2D eigenvalue weighted by atomic mass is 16.4. The Morgan fingerprint density at radius 2 is 1.95 bits per heavy atom. The number of unbranched alkanes of at least 4 members (excludes halogenated alkanes) is 1. The Balaban J connectivity index is 2.90. The van der Waals surface area contributed by atoms with Gasteiger partial charge in [-0.3, -0.25) is 0 Å². The van der Waals surface area contributed by atoms with Gasteiger partial charge in [0.1, 0.15) is 5.54 Å². The Labute approximate surface area is 121 Å². The highest BCUT2D eigenvalue weighted by Gasteiger charge is 2.49. The van der Waals surface area contributed by atoms with Crippen molar-refractivity contribution in [3.63, 3.8) is 0 Å². The van der Waals surface area contributed by atoms with Crippen LogP contribution in [0.2, 0.25) is 0 Å². The van der Waals surface area contributed by atoms with Crippen LogP contribution in [-0.4, -0.2) is 52.1 Å². The number of carboxylic acid groups (broad SMARTS) is 1. The molecule has 2 amide bonds. The Morgan fingerprint density at radius 1 is 1.25 bits per heavy atom. The smallest absolute Gasteiger partial charge is 0.329 e. The lowest BCUT2D eigenvalue weighted by Gasteiger charge is -2.38. The molecule has 0 aromatic rings. The van der Waals surface area contributed by atoms with E-state index in [1.807, 2.05) is 13.8 Å². The van der Waals surface area contributed by atoms with E-state index in [1.165, 1.54) is 0 Å². The number of aliphatic carboxylic acids is 1. The highest BCUT2D eigenvalue weighted by Crippen LogP contribution is 2.34. The Morgan fingerprint density at radius 3 is 2.45 bits per heavy atom. The van der Waals surface area contributed by atoms with Crippen LogP contribution in [0, 0.1) is 0 Å². The summed E-state index contributed by atoms with van der Waals surface area (Å²) in [6.07, 6.45) is 4.66. The van der Waals surface area contributed by atoms with Crippen LogP contribution in [0.1, 0.15) is 59.3 Å². The average Bonchev–Trinajstić information content (AvgIpc) is 2.85. The third-order valence-corrected chi connectivity index (χ3v) is 4.22. The van der Waals surface area contributed by atoms with Gasteiger partial charge in [-0.15, -0.1) is 0 Å². The predicted octanol–water partition coefficient (Wildman–Crippen LogP) is 2.95. The zero-order valence-electron chi connectivity index (χ0n) is 13.0. The second-order valence-electron chi connectivity index (χ2n) is 5.56. The van der Waals surface area contributed by atoms with Crippen LogP contribution in [-0.2, 0) is 4.79 Å². The lowest BCUT2D eigenvalue weighted by molar-refractivity contribution is -0.148. The van der Waals surface area contributed by atoms with Gasteiger partial charge in [-0.2, -0.15) is 0 Å². The van der Waals surface area contributed by atoms with Crippen LogP contribution in [0.15, 0.2) is 0 Å². The largest absolute Gasteiger partial charge is 0.479 e. The minimum atomic E-state index is -0.981. The standard InChI is InChI=1S/C15H28N2O3/c1-4-7-11-16(6-3)14(20)17-12-8-10-15(17,9-5-2)13(18)19/h4-12H2,1-3H3,(H,18,19). The number of likely N-dealkylation sites (tertiary alicyclic amines) is 1. The van der Waals surface area contributed by atoms with Gasteiger partial charge in [-0.1, -0.05) is 26.7 Å². The average molecular weight is 284 g/mol. The number of nitrogens with zero attached hydrogens (tertiary/aromatic N) is 2. The normalized spacial score (nSPS) is 22.1. The fourth-order valence-corrected chi connectivity index (χ4v) is 3.07. The van der Waals surface area contributed by atoms with E-state index in [-0.39, 0.29) is 6.03 Å². The SMILES string of the molecule is CCCCN(CC)C(=O)N1CCCC1(CCC)C(=O)O. The fourth-order valence-electron chi connectivity index (χ4n) is 3.07. The zero-order chi connectivity index (χ0) is 15.2. The van der Waals surface area contributed by atoms with Crippen LogP contribution in [0.3, 0.4) is 0 Å². The fraction of sp³-hybridized carbons (Fsp3) is 0.867. The van der Waals surface area contributed by atoms with Crippen LogP contribution < -0.4 is 0 Å². The summed E-state index contributed by atoms with van der Waals surface area (Å²) in [6.45, 7) is 7.92. The van der Waals surface area contributed by atoms with E-state index in [2.05, 4.69) is 6.92 Å². The van der Waals surface area contributed by atoms with Gasteiger partial charge in [-0.05, 0) is 32.6 Å². The summed E-state index contributed by atoms with van der Waals surface area (Å²) >= 11 is 0. The van der Waals surface area contributed by atoms with Crippen LogP contribution in [0.5, 0.6) is 0 Å². The molecule has 1 aliphatic rings.